The minimum Gasteiger partial charge on any atom is -0.332 e. The lowest BCUT2D eigenvalue weighted by Gasteiger charge is -2.10. The Morgan fingerprint density at radius 2 is 2.33 bits per heavy atom. The Kier molecular flexibility index (Phi) is 4.50. The summed E-state index contributed by atoms with van der Waals surface area (Å²) in [7, 11) is 0. The first-order chi connectivity index (χ1) is 7.27. The van der Waals surface area contributed by atoms with Gasteiger partial charge in [0.1, 0.15) is 0 Å². The number of nitriles is 1. The van der Waals surface area contributed by atoms with E-state index in [1.807, 2.05) is 13.1 Å². The molecule has 1 fully saturated rings. The van der Waals surface area contributed by atoms with E-state index in [-0.39, 0.29) is 5.91 Å². The van der Waals surface area contributed by atoms with Crippen LogP contribution in [-0.2, 0) is 4.79 Å². The molecule has 1 rings (SSSR count). The van der Waals surface area contributed by atoms with Gasteiger partial charge in [0, 0.05) is 19.5 Å². The quantitative estimate of drug-likeness (QED) is 0.381. The van der Waals surface area contributed by atoms with E-state index in [0.29, 0.717) is 26.1 Å². The van der Waals surface area contributed by atoms with E-state index in [9.17, 15) is 4.79 Å². The zero-order valence-electron chi connectivity index (χ0n) is 8.99. The van der Waals surface area contributed by atoms with Crippen LogP contribution in [0.15, 0.2) is 0 Å². The average molecular weight is 205 g/mol. The summed E-state index contributed by atoms with van der Waals surface area (Å²) in [5.74, 6) is 6.01. The summed E-state index contributed by atoms with van der Waals surface area (Å²) in [6.45, 7) is 4.36. The van der Waals surface area contributed by atoms with Crippen molar-refractivity contribution in [2.24, 2.45) is 0 Å². The number of hydrogen-bond acceptors (Lipinski definition) is 3. The largest absolute Gasteiger partial charge is 0.332 e. The molecule has 4 heteroatoms. The molecule has 0 radical (unpaired) electrons. The van der Waals surface area contributed by atoms with E-state index in [2.05, 4.69) is 11.8 Å². The second-order valence-corrected chi connectivity index (χ2v) is 3.39. The molecule has 15 heavy (non-hydrogen) atoms. The molecule has 0 bridgehead atoms. The summed E-state index contributed by atoms with van der Waals surface area (Å²) in [5, 5.41) is 8.62. The van der Waals surface area contributed by atoms with E-state index in [1.54, 1.807) is 9.80 Å². The van der Waals surface area contributed by atoms with Crippen LogP contribution in [0.25, 0.3) is 0 Å². The fourth-order valence-electron chi connectivity index (χ4n) is 1.39. The highest BCUT2D eigenvalue weighted by Crippen LogP contribution is 2.07. The Labute approximate surface area is 90.5 Å². The van der Waals surface area contributed by atoms with Gasteiger partial charge in [-0.15, -0.1) is 0 Å². The minimum absolute atomic E-state index is 0.192. The van der Waals surface area contributed by atoms with E-state index in [4.69, 9.17) is 5.26 Å². The number of hydrogen-bond donors (Lipinski definition) is 0. The van der Waals surface area contributed by atoms with Gasteiger partial charge in [-0.25, -0.2) is 0 Å². The molecule has 0 spiro atoms. The lowest BCUT2D eigenvalue weighted by atomic mass is 10.4. The van der Waals surface area contributed by atoms with Gasteiger partial charge < -0.3 is 4.90 Å². The second-order valence-electron chi connectivity index (χ2n) is 3.39. The molecular formula is C11H15N3O. The molecule has 0 aromatic carbocycles. The lowest BCUT2D eigenvalue weighted by Crippen LogP contribution is -2.25. The monoisotopic (exact) mass is 205 g/mol. The molecule has 1 amide bonds. The SMILES string of the molecule is CCN(C#N)CC#CCN1CCCC1=O. The van der Waals surface area contributed by atoms with Gasteiger partial charge in [-0.05, 0) is 13.3 Å². The molecule has 0 aromatic heterocycles. The number of likely N-dealkylation sites (tertiary alicyclic amines) is 1. The number of carbonyl (C=O) groups is 1. The van der Waals surface area contributed by atoms with Crippen LogP contribution in [0.3, 0.4) is 0 Å². The molecule has 0 atom stereocenters. The third kappa shape index (κ3) is 3.52. The molecule has 1 aliphatic heterocycles. The smallest absolute Gasteiger partial charge is 0.223 e. The Morgan fingerprint density at radius 1 is 1.53 bits per heavy atom. The van der Waals surface area contributed by atoms with Gasteiger partial charge in [-0.1, -0.05) is 11.8 Å². The van der Waals surface area contributed by atoms with Crippen LogP contribution in [0.4, 0.5) is 0 Å². The highest BCUT2D eigenvalue weighted by molar-refractivity contribution is 5.78. The van der Waals surface area contributed by atoms with Gasteiger partial charge in [0.15, 0.2) is 6.19 Å². The number of amides is 1. The van der Waals surface area contributed by atoms with Gasteiger partial charge in [0.2, 0.25) is 5.91 Å². The topological polar surface area (TPSA) is 47.3 Å². The minimum atomic E-state index is 0.192. The summed E-state index contributed by atoms with van der Waals surface area (Å²) in [6, 6.07) is 0. The Balaban J connectivity index is 2.27. The van der Waals surface area contributed by atoms with Gasteiger partial charge in [0.25, 0.3) is 0 Å². The molecule has 0 aliphatic carbocycles. The molecule has 80 valence electrons. The van der Waals surface area contributed by atoms with Crippen LogP contribution in [-0.4, -0.2) is 41.9 Å². The lowest BCUT2D eigenvalue weighted by molar-refractivity contribution is -0.127. The first kappa shape index (κ1) is 11.4. The maximum Gasteiger partial charge on any atom is 0.223 e. The summed E-state index contributed by atoms with van der Waals surface area (Å²) >= 11 is 0. The summed E-state index contributed by atoms with van der Waals surface area (Å²) in [5.41, 5.74) is 0. The summed E-state index contributed by atoms with van der Waals surface area (Å²) in [6.07, 6.45) is 3.64. The van der Waals surface area contributed by atoms with Crippen LogP contribution in [0.2, 0.25) is 0 Å². The van der Waals surface area contributed by atoms with Gasteiger partial charge in [0.05, 0.1) is 13.1 Å². The summed E-state index contributed by atoms with van der Waals surface area (Å²) < 4.78 is 0. The second kappa shape index (κ2) is 5.93. The van der Waals surface area contributed by atoms with Crippen LogP contribution in [0.1, 0.15) is 19.8 Å². The van der Waals surface area contributed by atoms with Crippen LogP contribution >= 0.6 is 0 Å². The van der Waals surface area contributed by atoms with Crippen molar-refractivity contribution in [2.45, 2.75) is 19.8 Å². The maximum absolute atomic E-state index is 11.2. The van der Waals surface area contributed by atoms with Crippen molar-refractivity contribution in [3.63, 3.8) is 0 Å². The maximum atomic E-state index is 11.2. The number of carbonyl (C=O) groups excluding carboxylic acids is 1. The highest BCUT2D eigenvalue weighted by Gasteiger charge is 2.18. The predicted molar refractivity (Wildman–Crippen MR) is 56.5 cm³/mol. The Bertz CT molecular complexity index is 321. The predicted octanol–water partition coefficient (Wildman–Crippen LogP) is 0.415. The first-order valence-corrected chi connectivity index (χ1v) is 5.16. The third-order valence-corrected chi connectivity index (χ3v) is 2.36. The van der Waals surface area contributed by atoms with E-state index in [0.717, 1.165) is 13.0 Å². The van der Waals surface area contributed by atoms with Gasteiger partial charge >= 0.3 is 0 Å². The van der Waals surface area contributed by atoms with Crippen LogP contribution < -0.4 is 0 Å². The van der Waals surface area contributed by atoms with Crippen molar-refractivity contribution in [1.82, 2.24) is 9.80 Å². The molecule has 1 heterocycles. The van der Waals surface area contributed by atoms with Crippen molar-refractivity contribution in [2.75, 3.05) is 26.2 Å². The van der Waals surface area contributed by atoms with E-state index >= 15 is 0 Å². The van der Waals surface area contributed by atoms with Crippen molar-refractivity contribution in [1.29, 1.82) is 5.26 Å². The normalized spacial score (nSPS) is 14.4. The number of rotatable bonds is 3. The zero-order chi connectivity index (χ0) is 11.1. The van der Waals surface area contributed by atoms with Crippen LogP contribution in [0, 0.1) is 23.3 Å². The molecule has 0 saturated carbocycles. The van der Waals surface area contributed by atoms with E-state index < -0.39 is 0 Å². The molecule has 4 nitrogen and oxygen atoms in total. The van der Waals surface area contributed by atoms with Crippen molar-refractivity contribution >= 4 is 5.91 Å². The summed E-state index contributed by atoms with van der Waals surface area (Å²) in [4.78, 5) is 14.5. The molecule has 1 aliphatic rings. The van der Waals surface area contributed by atoms with Crippen LogP contribution in [0.5, 0.6) is 0 Å². The molecule has 0 aromatic rings. The Hall–Kier alpha value is -1.68. The van der Waals surface area contributed by atoms with E-state index in [1.165, 1.54) is 0 Å². The molecular weight excluding hydrogens is 190 g/mol. The zero-order valence-corrected chi connectivity index (χ0v) is 8.99. The first-order valence-electron chi connectivity index (χ1n) is 5.16. The number of nitrogens with zero attached hydrogens (tertiary/aromatic N) is 3. The fourth-order valence-corrected chi connectivity index (χ4v) is 1.39. The van der Waals surface area contributed by atoms with Crippen molar-refractivity contribution < 1.29 is 4.79 Å². The van der Waals surface area contributed by atoms with Crippen molar-refractivity contribution in [3.8, 4) is 18.0 Å². The van der Waals surface area contributed by atoms with Gasteiger partial charge in [-0.3, -0.25) is 9.69 Å². The Morgan fingerprint density at radius 3 is 2.87 bits per heavy atom. The fraction of sp³-hybridized carbons (Fsp3) is 0.636. The highest BCUT2D eigenvalue weighted by atomic mass is 16.2. The molecule has 1 saturated heterocycles. The standard InChI is InChI=1S/C11H15N3O/c1-2-13(10-12)7-3-4-8-14-9-5-6-11(14)15/h2,5-9H2,1H3. The van der Waals surface area contributed by atoms with Crippen molar-refractivity contribution in [3.05, 3.63) is 0 Å². The van der Waals surface area contributed by atoms with Gasteiger partial charge in [-0.2, -0.15) is 5.26 Å². The third-order valence-electron chi connectivity index (χ3n) is 2.36. The molecule has 0 N–H and O–H groups in total. The average Bonchev–Trinajstić information content (AvgIpc) is 2.65. The molecule has 0 unspecified atom stereocenters.